The fourth-order valence-corrected chi connectivity index (χ4v) is 7.94. The Bertz CT molecular complexity index is 1810. The number of imide groups is 1. The molecular weight excluding hydrogens is 676 g/mol. The third-order valence-electron chi connectivity index (χ3n) is 10.5. The average Bonchev–Trinajstić information content (AvgIpc) is 3.62. The molecule has 3 fully saturated rings. The number of fused-ring (bicyclic) bond motifs is 1. The van der Waals surface area contributed by atoms with E-state index in [1.807, 2.05) is 18.2 Å². The number of amides is 3. The number of nitrogens with zero attached hydrogens (tertiary/aromatic N) is 5. The molecule has 0 radical (unpaired) electrons. The van der Waals surface area contributed by atoms with E-state index in [2.05, 4.69) is 20.6 Å². The Kier molecular flexibility index (Phi) is 11.5. The van der Waals surface area contributed by atoms with Crippen molar-refractivity contribution in [3.05, 3.63) is 46.1 Å². The second-order valence-electron chi connectivity index (χ2n) is 15.4. The number of likely N-dealkylation sites (tertiary alicyclic amines) is 1. The van der Waals surface area contributed by atoms with Crippen molar-refractivity contribution in [2.24, 2.45) is 13.0 Å². The highest BCUT2D eigenvalue weighted by Crippen LogP contribution is 2.36. The van der Waals surface area contributed by atoms with Gasteiger partial charge in [-0.1, -0.05) is 12.1 Å². The number of para-hydroxylation sites is 1. The Labute approximate surface area is 302 Å². The number of hydrogen-bond acceptors (Lipinski definition) is 8. The average molecular weight is 728 g/mol. The van der Waals surface area contributed by atoms with Crippen LogP contribution in [0.4, 0.5) is 19.3 Å². The van der Waals surface area contributed by atoms with E-state index in [9.17, 15) is 28.0 Å². The van der Waals surface area contributed by atoms with Crippen molar-refractivity contribution < 1.29 is 32.6 Å². The molecule has 2 aromatic heterocycles. The predicted molar refractivity (Wildman–Crippen MR) is 190 cm³/mol. The van der Waals surface area contributed by atoms with Crippen LogP contribution >= 0.6 is 0 Å². The van der Waals surface area contributed by atoms with Gasteiger partial charge in [0.1, 0.15) is 11.6 Å². The Balaban J connectivity index is 0.929. The molecule has 3 aromatic rings. The normalized spacial score (nSPS) is 22.2. The van der Waals surface area contributed by atoms with Gasteiger partial charge in [-0.05, 0) is 96.1 Å². The molecule has 13 nitrogen and oxygen atoms in total. The zero-order valence-corrected chi connectivity index (χ0v) is 30.5. The lowest BCUT2D eigenvalue weighted by Crippen LogP contribution is -2.44. The van der Waals surface area contributed by atoms with E-state index in [0.29, 0.717) is 24.5 Å². The van der Waals surface area contributed by atoms with Crippen LogP contribution in [0.5, 0.6) is 0 Å². The summed E-state index contributed by atoms with van der Waals surface area (Å²) in [6.45, 7) is 8.70. The lowest BCUT2D eigenvalue weighted by atomic mass is 9.85. The highest BCUT2D eigenvalue weighted by molar-refractivity contribution is 6.00. The van der Waals surface area contributed by atoms with Gasteiger partial charge in [-0.15, -0.1) is 0 Å². The number of imidazole rings is 1. The summed E-state index contributed by atoms with van der Waals surface area (Å²) < 4.78 is 43.7. The summed E-state index contributed by atoms with van der Waals surface area (Å²) >= 11 is 0. The molecule has 1 atom stereocenters. The van der Waals surface area contributed by atoms with Crippen LogP contribution in [0.15, 0.2) is 29.2 Å². The molecule has 4 heterocycles. The monoisotopic (exact) mass is 727 g/mol. The van der Waals surface area contributed by atoms with Crippen molar-refractivity contribution in [2.75, 3.05) is 31.6 Å². The Morgan fingerprint density at radius 2 is 1.79 bits per heavy atom. The van der Waals surface area contributed by atoms with Crippen molar-refractivity contribution in [1.29, 1.82) is 0 Å². The van der Waals surface area contributed by atoms with Gasteiger partial charge < -0.3 is 14.4 Å². The summed E-state index contributed by atoms with van der Waals surface area (Å²) in [6, 6.07) is 5.08. The van der Waals surface area contributed by atoms with Gasteiger partial charge in [0, 0.05) is 45.9 Å². The maximum absolute atomic E-state index is 13.7. The van der Waals surface area contributed by atoms with Gasteiger partial charge in [-0.3, -0.25) is 34.0 Å². The number of carbonyl (C=O) groups excluding carboxylic acids is 3. The van der Waals surface area contributed by atoms with Crippen LogP contribution in [0.25, 0.3) is 11.0 Å². The Morgan fingerprint density at radius 1 is 1.06 bits per heavy atom. The SMILES string of the molecule is Cn1c(=O)n(C2CCC(=O)NC2=O)c2cccc(CCCOC3CCN(C[C@H]4CC[C@H](n5cc(NC(=O)OC(C)(C)C)c(C(F)F)n5)CC4)CC3)c21. The van der Waals surface area contributed by atoms with Crippen LogP contribution in [0.2, 0.25) is 0 Å². The van der Waals surface area contributed by atoms with E-state index in [-0.39, 0.29) is 35.9 Å². The molecule has 1 aliphatic carbocycles. The number of aryl methyl sites for hydroxylation is 2. The van der Waals surface area contributed by atoms with E-state index >= 15 is 0 Å². The van der Waals surface area contributed by atoms with Crippen molar-refractivity contribution in [3.63, 3.8) is 0 Å². The van der Waals surface area contributed by atoms with Crippen LogP contribution in [0, 0.1) is 5.92 Å². The smallest absolute Gasteiger partial charge is 0.412 e. The van der Waals surface area contributed by atoms with E-state index in [1.54, 1.807) is 37.1 Å². The van der Waals surface area contributed by atoms with E-state index < -0.39 is 35.8 Å². The minimum absolute atomic E-state index is 0.00387. The number of nitrogens with one attached hydrogen (secondary N) is 2. The third kappa shape index (κ3) is 8.74. The molecule has 0 bridgehead atoms. The number of benzene rings is 1. The maximum Gasteiger partial charge on any atom is 0.412 e. The number of halogens is 2. The molecule has 284 valence electrons. The van der Waals surface area contributed by atoms with Crippen molar-refractivity contribution in [1.82, 2.24) is 29.1 Å². The van der Waals surface area contributed by atoms with Gasteiger partial charge in [-0.2, -0.15) is 5.10 Å². The van der Waals surface area contributed by atoms with Gasteiger partial charge in [0.05, 0.1) is 28.9 Å². The fraction of sp³-hybridized carbons (Fsp3) is 0.649. The second kappa shape index (κ2) is 15.9. The topological polar surface area (TPSA) is 142 Å². The molecule has 3 amide bonds. The van der Waals surface area contributed by atoms with Crippen LogP contribution in [-0.2, 0) is 32.5 Å². The lowest BCUT2D eigenvalue weighted by molar-refractivity contribution is -0.135. The first-order chi connectivity index (χ1) is 24.8. The largest absolute Gasteiger partial charge is 0.444 e. The van der Waals surface area contributed by atoms with Gasteiger partial charge in [0.25, 0.3) is 6.43 Å². The van der Waals surface area contributed by atoms with Gasteiger partial charge >= 0.3 is 11.8 Å². The van der Waals surface area contributed by atoms with Crippen molar-refractivity contribution in [2.45, 2.75) is 115 Å². The number of rotatable bonds is 11. The quantitative estimate of drug-likeness (QED) is 0.191. The highest BCUT2D eigenvalue weighted by atomic mass is 19.3. The molecular formula is C37H51F2N7O6. The molecule has 1 saturated carbocycles. The summed E-state index contributed by atoms with van der Waals surface area (Å²) in [4.78, 5) is 52.2. The summed E-state index contributed by atoms with van der Waals surface area (Å²) in [6.07, 6.45) is 5.72. The highest BCUT2D eigenvalue weighted by Gasteiger charge is 2.32. The number of ether oxygens (including phenoxy) is 2. The van der Waals surface area contributed by atoms with Crippen LogP contribution in [-0.4, -0.2) is 79.7 Å². The number of alkyl halides is 2. The van der Waals surface area contributed by atoms with E-state index in [0.717, 1.165) is 82.1 Å². The molecule has 1 aromatic carbocycles. The first kappa shape index (κ1) is 37.6. The molecule has 3 aliphatic rings. The summed E-state index contributed by atoms with van der Waals surface area (Å²) in [5.41, 5.74) is 1.07. The molecule has 0 spiro atoms. The van der Waals surface area contributed by atoms with Gasteiger partial charge in [-0.25, -0.2) is 18.4 Å². The Morgan fingerprint density at radius 3 is 2.46 bits per heavy atom. The number of carbonyl (C=O) groups is 3. The fourth-order valence-electron chi connectivity index (χ4n) is 7.94. The first-order valence-corrected chi connectivity index (χ1v) is 18.5. The van der Waals surface area contributed by atoms with Crippen LogP contribution in [0.3, 0.4) is 0 Å². The molecule has 2 N–H and O–H groups in total. The summed E-state index contributed by atoms with van der Waals surface area (Å²) in [7, 11) is 1.72. The minimum atomic E-state index is -2.81. The van der Waals surface area contributed by atoms with Gasteiger partial charge in [0.15, 0.2) is 5.69 Å². The summed E-state index contributed by atoms with van der Waals surface area (Å²) in [5, 5.41) is 8.97. The Hall–Kier alpha value is -4.11. The molecule has 2 aliphatic heterocycles. The van der Waals surface area contributed by atoms with E-state index in [4.69, 9.17) is 9.47 Å². The van der Waals surface area contributed by atoms with Crippen LogP contribution in [0.1, 0.15) is 108 Å². The van der Waals surface area contributed by atoms with Crippen molar-refractivity contribution >= 4 is 34.6 Å². The zero-order valence-electron chi connectivity index (χ0n) is 30.5. The first-order valence-electron chi connectivity index (χ1n) is 18.5. The molecule has 6 rings (SSSR count). The number of anilines is 1. The number of hydrogen-bond donors (Lipinski definition) is 2. The number of aromatic nitrogens is 4. The van der Waals surface area contributed by atoms with E-state index in [1.165, 1.54) is 10.8 Å². The lowest BCUT2D eigenvalue weighted by Gasteiger charge is -2.36. The molecule has 52 heavy (non-hydrogen) atoms. The third-order valence-corrected chi connectivity index (χ3v) is 10.5. The zero-order chi connectivity index (χ0) is 37.2. The predicted octanol–water partition coefficient (Wildman–Crippen LogP) is 5.64. The minimum Gasteiger partial charge on any atom is -0.444 e. The summed E-state index contributed by atoms with van der Waals surface area (Å²) in [5.74, 6) is -0.220. The maximum atomic E-state index is 13.7. The molecule has 1 unspecified atom stereocenters. The standard InChI is InChI=1S/C37H51F2N7O6/c1-37(2,3)52-35(49)40-27-22-45(42-31(27)33(38)39)25-12-10-23(11-13-25)21-44-18-16-26(17-19-44)51-20-6-8-24-7-5-9-28-32(24)43(4)36(50)46(28)29-14-15-30(47)41-34(29)48/h5,7,9,22-23,25-26,29,33H,6,8,10-21H2,1-4H3,(H,40,49)(H,41,47,48)/t23-,25-,29?. The van der Waals surface area contributed by atoms with Gasteiger partial charge in [0.2, 0.25) is 11.8 Å². The molecule has 15 heteroatoms. The number of piperidine rings is 2. The van der Waals surface area contributed by atoms with Crippen molar-refractivity contribution in [3.8, 4) is 0 Å². The molecule has 2 saturated heterocycles. The van der Waals surface area contributed by atoms with Crippen LogP contribution < -0.4 is 16.3 Å². The second-order valence-corrected chi connectivity index (χ2v) is 15.4.